The van der Waals surface area contributed by atoms with E-state index >= 15 is 0 Å². The number of para-hydroxylation sites is 1. The van der Waals surface area contributed by atoms with Gasteiger partial charge in [-0.15, -0.1) is 11.3 Å². The summed E-state index contributed by atoms with van der Waals surface area (Å²) in [5.74, 6) is 0.498. The van der Waals surface area contributed by atoms with Crippen molar-refractivity contribution in [2.75, 3.05) is 31.1 Å². The van der Waals surface area contributed by atoms with Crippen LogP contribution in [-0.2, 0) is 11.3 Å². The topological polar surface area (TPSA) is 29.5 Å². The van der Waals surface area contributed by atoms with Gasteiger partial charge >= 0.3 is 6.09 Å². The van der Waals surface area contributed by atoms with Gasteiger partial charge in [0.25, 0.3) is 0 Å². The number of thiophene rings is 1. The van der Waals surface area contributed by atoms with E-state index in [0.717, 1.165) is 41.0 Å². The summed E-state index contributed by atoms with van der Waals surface area (Å²) in [7, 11) is 0. The van der Waals surface area contributed by atoms with E-state index in [1.165, 1.54) is 13.1 Å². The predicted octanol–water partition coefficient (Wildman–Crippen LogP) is 1.69. The third-order valence-corrected chi connectivity index (χ3v) is 6.85. The first kappa shape index (κ1) is 21.1. The predicted molar refractivity (Wildman–Crippen MR) is 110 cm³/mol. The molecule has 3 aliphatic heterocycles. The first-order chi connectivity index (χ1) is 13.2. The van der Waals surface area contributed by atoms with Crippen LogP contribution in [0.5, 0.6) is 0 Å². The molecule has 0 N–H and O–H groups in total. The van der Waals surface area contributed by atoms with E-state index < -0.39 is 0 Å². The van der Waals surface area contributed by atoms with E-state index in [4.69, 9.17) is 4.74 Å². The molecule has 0 aliphatic carbocycles. The average molecular weight is 463 g/mol. The minimum absolute atomic E-state index is 0. The van der Waals surface area contributed by atoms with Gasteiger partial charge in [-0.05, 0) is 29.7 Å². The molecule has 0 spiro atoms. The van der Waals surface area contributed by atoms with Crippen LogP contribution in [0, 0.1) is 5.92 Å². The second kappa shape index (κ2) is 9.25. The largest absolute Gasteiger partial charge is 1.00 e. The zero-order chi connectivity index (χ0) is 18.7. The van der Waals surface area contributed by atoms with Crippen LogP contribution in [0.3, 0.4) is 0 Å². The van der Waals surface area contributed by atoms with Crippen LogP contribution in [0.2, 0.25) is 0 Å². The van der Waals surface area contributed by atoms with E-state index in [1.807, 2.05) is 47.9 Å². The van der Waals surface area contributed by atoms with Crippen molar-refractivity contribution in [3.8, 4) is 0 Å². The Balaban J connectivity index is 0.00000225. The van der Waals surface area contributed by atoms with Crippen LogP contribution >= 0.6 is 11.3 Å². The number of nitrogens with zero attached hydrogens (tertiary/aromatic N) is 2. The number of quaternary nitrogens is 1. The number of hydrogen-bond acceptors (Lipinski definition) is 3. The highest BCUT2D eigenvalue weighted by atomic mass is 79.9. The lowest BCUT2D eigenvalue weighted by Gasteiger charge is -2.51. The lowest BCUT2D eigenvalue weighted by atomic mass is 9.83. The molecule has 6 heteroatoms. The van der Waals surface area contributed by atoms with Crippen LogP contribution < -0.4 is 21.9 Å². The standard InChI is InChI=1S/C22H27N2O2S.BrH/c1-2-12-24-13-10-18(11-14-24)21(17-24)26-22(25)23(16-20-9-6-15-27-20)19-7-4-3-5-8-19;/h2-9,15,18,21H,1,10-14,16-17H2;1H/q+1;/p-1/t18?,21-,24?;/m0./s1. The number of carbonyl (C=O) groups is 1. The number of hydrogen-bond donors (Lipinski definition) is 0. The van der Waals surface area contributed by atoms with Gasteiger partial charge in [-0.1, -0.05) is 30.8 Å². The monoisotopic (exact) mass is 462 g/mol. The summed E-state index contributed by atoms with van der Waals surface area (Å²) < 4.78 is 7.13. The maximum atomic E-state index is 13.2. The van der Waals surface area contributed by atoms with Crippen molar-refractivity contribution in [1.82, 2.24) is 0 Å². The molecule has 1 atom stereocenters. The molecule has 0 saturated carbocycles. The molecule has 3 aliphatic rings. The van der Waals surface area contributed by atoms with Crippen LogP contribution in [0.25, 0.3) is 0 Å². The normalized spacial score (nSPS) is 25.6. The van der Waals surface area contributed by atoms with Crippen LogP contribution in [0.4, 0.5) is 10.5 Å². The first-order valence-corrected chi connectivity index (χ1v) is 10.6. The number of carbonyl (C=O) groups excluding carboxylic acids is 1. The van der Waals surface area contributed by atoms with Gasteiger partial charge in [0.1, 0.15) is 6.54 Å². The van der Waals surface area contributed by atoms with E-state index in [-0.39, 0.29) is 29.2 Å². The minimum atomic E-state index is -0.231. The van der Waals surface area contributed by atoms with Crippen molar-refractivity contribution in [1.29, 1.82) is 0 Å². The summed E-state index contributed by atoms with van der Waals surface area (Å²) in [6.07, 6.45) is 4.07. The number of fused-ring (bicyclic) bond motifs is 3. The highest BCUT2D eigenvalue weighted by molar-refractivity contribution is 7.09. The Kier molecular flexibility index (Phi) is 6.96. The number of piperidine rings is 3. The fourth-order valence-electron chi connectivity index (χ4n) is 4.51. The Morgan fingerprint density at radius 2 is 1.96 bits per heavy atom. The van der Waals surface area contributed by atoms with Crippen molar-refractivity contribution < 1.29 is 31.0 Å². The fraction of sp³-hybridized carbons (Fsp3) is 0.409. The SMILES string of the molecule is C=CC[N+]12CCC(CC1)[C@@H](OC(=O)N(Cc1cccs1)c1ccccc1)C2.[Br-]. The Labute approximate surface area is 181 Å². The lowest BCUT2D eigenvalue weighted by Crippen LogP contribution is -3.00. The minimum Gasteiger partial charge on any atom is -1.00 e. The summed E-state index contributed by atoms with van der Waals surface area (Å²) in [5, 5.41) is 2.04. The van der Waals surface area contributed by atoms with Crippen molar-refractivity contribution in [2.24, 2.45) is 5.92 Å². The van der Waals surface area contributed by atoms with Crippen molar-refractivity contribution >= 4 is 23.1 Å². The second-order valence-electron chi connectivity index (χ2n) is 7.70. The van der Waals surface area contributed by atoms with Gasteiger partial charge in [-0.2, -0.15) is 0 Å². The van der Waals surface area contributed by atoms with E-state index in [0.29, 0.717) is 12.5 Å². The van der Waals surface area contributed by atoms with Crippen LogP contribution in [0.1, 0.15) is 17.7 Å². The molecule has 3 saturated heterocycles. The van der Waals surface area contributed by atoms with Crippen LogP contribution in [0.15, 0.2) is 60.5 Å². The molecule has 3 fully saturated rings. The Bertz CT molecular complexity index is 773. The summed E-state index contributed by atoms with van der Waals surface area (Å²) in [6, 6.07) is 13.9. The number of benzene rings is 1. The lowest BCUT2D eigenvalue weighted by molar-refractivity contribution is -0.941. The Morgan fingerprint density at radius 1 is 1.21 bits per heavy atom. The smallest absolute Gasteiger partial charge is 0.415 e. The summed E-state index contributed by atoms with van der Waals surface area (Å²) in [4.78, 5) is 16.1. The molecular weight excluding hydrogens is 436 g/mol. The van der Waals surface area contributed by atoms with Crippen molar-refractivity contribution in [3.63, 3.8) is 0 Å². The van der Waals surface area contributed by atoms with Crippen LogP contribution in [-0.4, -0.2) is 42.9 Å². The van der Waals surface area contributed by atoms with Gasteiger partial charge in [-0.3, -0.25) is 4.90 Å². The molecule has 1 aromatic heterocycles. The average Bonchev–Trinajstić information content (AvgIpc) is 3.21. The molecule has 150 valence electrons. The summed E-state index contributed by atoms with van der Waals surface area (Å²) >= 11 is 1.66. The zero-order valence-corrected chi connectivity index (χ0v) is 18.4. The molecule has 2 bridgehead atoms. The zero-order valence-electron chi connectivity index (χ0n) is 16.0. The van der Waals surface area contributed by atoms with Gasteiger partial charge in [0.05, 0.1) is 26.2 Å². The third-order valence-electron chi connectivity index (χ3n) is 5.99. The summed E-state index contributed by atoms with van der Waals surface area (Å²) in [5.41, 5.74) is 0.882. The second-order valence-corrected chi connectivity index (χ2v) is 8.74. The van der Waals surface area contributed by atoms with E-state index in [2.05, 4.69) is 12.6 Å². The molecule has 1 amide bonds. The Morgan fingerprint density at radius 3 is 2.61 bits per heavy atom. The molecule has 28 heavy (non-hydrogen) atoms. The van der Waals surface area contributed by atoms with Gasteiger partial charge < -0.3 is 26.2 Å². The molecule has 0 unspecified atom stereocenters. The number of halogens is 1. The number of amides is 1. The fourth-order valence-corrected chi connectivity index (χ4v) is 5.20. The third kappa shape index (κ3) is 4.50. The summed E-state index contributed by atoms with van der Waals surface area (Å²) in [6.45, 7) is 8.73. The number of anilines is 1. The molecule has 4 heterocycles. The van der Waals surface area contributed by atoms with E-state index in [1.54, 1.807) is 16.2 Å². The van der Waals surface area contributed by atoms with Gasteiger partial charge in [-0.25, -0.2) is 4.79 Å². The molecular formula is C22H27BrN2O2S. The number of ether oxygens (including phenoxy) is 1. The Hall–Kier alpha value is -1.63. The van der Waals surface area contributed by atoms with Gasteiger partial charge in [0, 0.05) is 29.3 Å². The highest BCUT2D eigenvalue weighted by Gasteiger charge is 2.47. The molecule has 4 nitrogen and oxygen atoms in total. The molecule has 2 aromatic rings. The van der Waals surface area contributed by atoms with Crippen molar-refractivity contribution in [3.05, 3.63) is 65.4 Å². The molecule has 1 aromatic carbocycles. The van der Waals surface area contributed by atoms with Gasteiger partial charge in [0.2, 0.25) is 0 Å². The highest BCUT2D eigenvalue weighted by Crippen LogP contribution is 2.36. The molecule has 5 rings (SSSR count). The first-order valence-electron chi connectivity index (χ1n) is 9.71. The van der Waals surface area contributed by atoms with Gasteiger partial charge in [0.15, 0.2) is 6.10 Å². The number of rotatable bonds is 6. The van der Waals surface area contributed by atoms with E-state index in [9.17, 15) is 4.79 Å². The maximum Gasteiger partial charge on any atom is 0.415 e. The van der Waals surface area contributed by atoms with Crippen molar-refractivity contribution in [2.45, 2.75) is 25.5 Å². The molecule has 0 radical (unpaired) electrons. The quantitative estimate of drug-likeness (QED) is 0.482. The maximum absolute atomic E-state index is 13.2.